The topological polar surface area (TPSA) is 423 Å². The van der Waals surface area contributed by atoms with E-state index in [9.17, 15) is 73.5 Å². The number of carboxylic acid groups (broad SMARTS) is 1. The predicted molar refractivity (Wildman–Crippen MR) is 286 cm³/mol. The number of carboxylic acids is 1. The molecule has 0 radical (unpaired) electrons. The molecule has 432 valence electrons. The highest BCUT2D eigenvalue weighted by Gasteiger charge is 2.39. The summed E-state index contributed by atoms with van der Waals surface area (Å²) in [4.78, 5) is 136. The first kappa shape index (κ1) is 65.2. The van der Waals surface area contributed by atoms with Gasteiger partial charge < -0.3 is 84.4 Å². The molecule has 1 saturated heterocycles. The molecule has 1 aliphatic heterocycles. The van der Waals surface area contributed by atoms with Crippen molar-refractivity contribution in [3.8, 4) is 11.5 Å². The average Bonchev–Trinajstić information content (AvgIpc) is 3.93. The zero-order valence-corrected chi connectivity index (χ0v) is 45.1. The summed E-state index contributed by atoms with van der Waals surface area (Å²) in [6, 6.07) is -1.04. The number of carbonyl (C=O) groups excluding carboxylic acids is 9. The third-order valence-corrected chi connectivity index (χ3v) is 13.7. The second-order valence-corrected chi connectivity index (χ2v) is 19.9. The minimum Gasteiger partial charge on any atom is -0.508 e. The van der Waals surface area contributed by atoms with Gasteiger partial charge in [0.2, 0.25) is 53.2 Å². The Bertz CT molecular complexity index is 2350. The van der Waals surface area contributed by atoms with Crippen LogP contribution in [0.25, 0.3) is 0 Å². The highest BCUT2D eigenvalue weighted by atomic mass is 32.2. The molecule has 0 aliphatic carbocycles. The Morgan fingerprint density at radius 2 is 1.10 bits per heavy atom. The van der Waals surface area contributed by atoms with E-state index in [-0.39, 0.29) is 63.2 Å². The molecule has 0 spiro atoms. The normalized spacial score (nSPS) is 16.5. The third kappa shape index (κ3) is 20.7. The Labute approximate surface area is 456 Å². The summed E-state index contributed by atoms with van der Waals surface area (Å²) in [6.45, 7) is 2.92. The van der Waals surface area contributed by atoms with Crippen molar-refractivity contribution in [1.29, 1.82) is 0 Å². The van der Waals surface area contributed by atoms with Crippen molar-refractivity contribution in [2.45, 2.75) is 133 Å². The van der Waals surface area contributed by atoms with Gasteiger partial charge in [0.15, 0.2) is 0 Å². The van der Waals surface area contributed by atoms with Crippen molar-refractivity contribution >= 4 is 70.9 Å². The van der Waals surface area contributed by atoms with Crippen molar-refractivity contribution in [1.82, 2.24) is 47.4 Å². The smallest absolute Gasteiger partial charge is 0.328 e. The van der Waals surface area contributed by atoms with Gasteiger partial charge in [-0.1, -0.05) is 44.5 Å². The van der Waals surface area contributed by atoms with Crippen molar-refractivity contribution in [2.75, 3.05) is 44.9 Å². The van der Waals surface area contributed by atoms with Crippen LogP contribution in [0.15, 0.2) is 48.5 Å². The number of aliphatic hydroxyl groups is 2. The van der Waals surface area contributed by atoms with Gasteiger partial charge in [0.1, 0.15) is 65.9 Å². The van der Waals surface area contributed by atoms with Gasteiger partial charge in [0.25, 0.3) is 0 Å². The molecular weight excluding hydrogens is 1040 g/mol. The van der Waals surface area contributed by atoms with E-state index in [2.05, 4.69) is 42.5 Å². The molecule has 1 heterocycles. The Kier molecular flexibility index (Phi) is 27.8. The molecule has 9 amide bonds. The van der Waals surface area contributed by atoms with Crippen LogP contribution in [0.4, 0.5) is 0 Å². The number of benzene rings is 2. The zero-order valence-electron chi connectivity index (χ0n) is 44.3. The van der Waals surface area contributed by atoms with Crippen molar-refractivity contribution in [3.05, 3.63) is 59.7 Å². The number of thioether (sulfide) groups is 1. The van der Waals surface area contributed by atoms with Gasteiger partial charge in [0.05, 0.1) is 19.8 Å². The number of nitrogens with one attached hydrogen (secondary N) is 8. The number of hydrogen-bond donors (Lipinski definition) is 15. The molecule has 0 aromatic heterocycles. The van der Waals surface area contributed by atoms with Gasteiger partial charge in [0, 0.05) is 19.4 Å². The van der Waals surface area contributed by atoms with Gasteiger partial charge in [-0.15, -0.1) is 0 Å². The minimum atomic E-state index is -1.75. The van der Waals surface area contributed by atoms with Crippen molar-refractivity contribution < 1.29 is 73.5 Å². The quantitative estimate of drug-likeness (QED) is 0.0312. The van der Waals surface area contributed by atoms with Crippen LogP contribution in [0.5, 0.6) is 11.5 Å². The number of nitrogens with two attached hydrogens (primary N) is 2. The number of rotatable bonds is 33. The highest BCUT2D eigenvalue weighted by Crippen LogP contribution is 2.20. The third-order valence-electron chi connectivity index (χ3n) is 13.0. The number of phenols is 2. The Balaban J connectivity index is 1.92. The second kappa shape index (κ2) is 33.3. The van der Waals surface area contributed by atoms with Crippen LogP contribution < -0.4 is 54.0 Å². The fourth-order valence-corrected chi connectivity index (χ4v) is 8.76. The van der Waals surface area contributed by atoms with Gasteiger partial charge in [-0.25, -0.2) is 4.79 Å². The van der Waals surface area contributed by atoms with E-state index in [0.29, 0.717) is 42.6 Å². The molecule has 0 bridgehead atoms. The minimum absolute atomic E-state index is 0.0264. The number of aliphatic hydroxyl groups excluding tert-OH is 2. The monoisotopic (exact) mass is 1120 g/mol. The van der Waals surface area contributed by atoms with Gasteiger partial charge >= 0.3 is 5.97 Å². The number of unbranched alkanes of at least 4 members (excludes halogenated alkanes) is 1. The summed E-state index contributed by atoms with van der Waals surface area (Å²) in [5, 5.41) is 69.6. The van der Waals surface area contributed by atoms with Gasteiger partial charge in [-0.05, 0) is 105 Å². The lowest BCUT2D eigenvalue weighted by Gasteiger charge is -2.30. The number of amides is 9. The summed E-state index contributed by atoms with van der Waals surface area (Å²) < 4.78 is 0. The number of nitrogens with zero attached hydrogens (tertiary/aromatic N) is 1. The van der Waals surface area contributed by atoms with E-state index in [1.165, 1.54) is 72.1 Å². The SMILES string of the molecule is CC[C@H](C)[C@H](NC(=O)[C@H](CO)NC(=O)[C@H](Cc1ccc(O)cc1)NC(=O)[C@H](Cc1ccc(O)cc1)NC(=O)[C@@H]1CCCN1C(=O)[C@H](C)NC(=O)CN)C(=O)N[C@@H](CCCCN)C(=O)N[C@@H](CCSC)C(=O)N[C@@H](CO)C(=O)O. The van der Waals surface area contributed by atoms with Gasteiger partial charge in [-0.2, -0.15) is 11.8 Å². The van der Waals surface area contributed by atoms with Crippen LogP contribution in [0.3, 0.4) is 0 Å². The van der Waals surface area contributed by atoms with E-state index in [4.69, 9.17) is 11.5 Å². The number of phenolic OH excluding ortho intramolecular Hbond substituents is 2. The number of hydrogen-bond acceptors (Lipinski definition) is 17. The lowest BCUT2D eigenvalue weighted by molar-refractivity contribution is -0.143. The Morgan fingerprint density at radius 1 is 0.628 bits per heavy atom. The molecule has 0 saturated carbocycles. The summed E-state index contributed by atoms with van der Waals surface area (Å²) in [5.74, 6) is -9.31. The van der Waals surface area contributed by atoms with E-state index in [1.54, 1.807) is 20.1 Å². The number of aromatic hydroxyl groups is 2. The van der Waals surface area contributed by atoms with Crippen LogP contribution in [-0.2, 0) is 60.8 Å². The lowest BCUT2D eigenvalue weighted by atomic mass is 9.97. The maximum Gasteiger partial charge on any atom is 0.328 e. The van der Waals surface area contributed by atoms with Crippen molar-refractivity contribution in [2.24, 2.45) is 17.4 Å². The fourth-order valence-electron chi connectivity index (χ4n) is 8.29. The molecule has 10 atom stereocenters. The van der Waals surface area contributed by atoms with E-state index < -0.39 is 133 Å². The van der Waals surface area contributed by atoms with E-state index in [0.717, 1.165) is 0 Å². The molecular formula is C51H77N11O15S. The van der Waals surface area contributed by atoms with Crippen LogP contribution in [0.1, 0.15) is 76.8 Å². The molecule has 3 rings (SSSR count). The van der Waals surface area contributed by atoms with Crippen LogP contribution in [-0.4, -0.2) is 189 Å². The van der Waals surface area contributed by atoms with Crippen molar-refractivity contribution in [3.63, 3.8) is 0 Å². The maximum atomic E-state index is 14.5. The van der Waals surface area contributed by atoms with Crippen LogP contribution in [0.2, 0.25) is 0 Å². The predicted octanol–water partition coefficient (Wildman–Crippen LogP) is -3.27. The first-order chi connectivity index (χ1) is 37.1. The highest BCUT2D eigenvalue weighted by molar-refractivity contribution is 7.98. The standard InChI is InChI=1S/C51H77N11O15S/c1-5-28(2)42(49(74)56-34(9-6-7-20-52)43(68)55-35(19-22-78-4)44(69)60-39(27-64)51(76)77)61-47(72)38(26-63)59-46(71)36(23-30-11-15-32(65)16-12-30)57-45(70)37(24-31-13-17-33(66)18-14-31)58-48(73)40-10-8-21-62(40)50(75)29(3)54-41(67)25-53/h11-18,28-29,34-40,42,63-66H,5-10,19-27,52-53H2,1-4H3,(H,54,67)(H,55,68)(H,56,74)(H,57,70)(H,58,73)(H,59,71)(H,60,69)(H,61,72)(H,76,77)/t28-,29-,34-,35-,36-,37-,38-,39-,40-,42-/m0/s1. The average molecular weight is 1120 g/mol. The Morgan fingerprint density at radius 3 is 1.60 bits per heavy atom. The Hall–Kier alpha value is -7.07. The number of carbonyl (C=O) groups is 10. The van der Waals surface area contributed by atoms with Crippen LogP contribution >= 0.6 is 11.8 Å². The number of likely N-dealkylation sites (tertiary alicyclic amines) is 1. The molecule has 1 aliphatic rings. The molecule has 26 nitrogen and oxygen atoms in total. The largest absolute Gasteiger partial charge is 0.508 e. The summed E-state index contributed by atoms with van der Waals surface area (Å²) in [6.07, 6.45) is 3.11. The maximum absolute atomic E-state index is 14.5. The second-order valence-electron chi connectivity index (χ2n) is 18.9. The molecule has 27 heteroatoms. The van der Waals surface area contributed by atoms with E-state index in [1.807, 2.05) is 0 Å². The number of aliphatic carboxylic acids is 1. The molecule has 78 heavy (non-hydrogen) atoms. The summed E-state index contributed by atoms with van der Waals surface area (Å²) in [7, 11) is 0. The molecule has 0 unspecified atom stereocenters. The molecule has 2 aromatic rings. The fraction of sp³-hybridized carbons (Fsp3) is 0.569. The van der Waals surface area contributed by atoms with Gasteiger partial charge in [-0.3, -0.25) is 43.2 Å². The molecule has 17 N–H and O–H groups in total. The first-order valence-electron chi connectivity index (χ1n) is 25.7. The molecule has 2 aromatic carbocycles. The summed E-state index contributed by atoms with van der Waals surface area (Å²) >= 11 is 1.35. The summed E-state index contributed by atoms with van der Waals surface area (Å²) in [5.41, 5.74) is 12.0. The first-order valence-corrected chi connectivity index (χ1v) is 27.1. The molecule has 1 fully saturated rings. The van der Waals surface area contributed by atoms with E-state index >= 15 is 0 Å². The zero-order chi connectivity index (χ0) is 58.1. The van der Waals surface area contributed by atoms with Crippen LogP contribution in [0, 0.1) is 5.92 Å². The lowest BCUT2D eigenvalue weighted by Crippen LogP contribution is -2.62.